The van der Waals surface area contributed by atoms with E-state index in [1.807, 2.05) is 0 Å². The van der Waals surface area contributed by atoms with Gasteiger partial charge in [0.15, 0.2) is 0 Å². The standard InChI is InChI=1S/C19H17F3N2O3/c20-19(21,22)15-4-1-12(2-5-15)13-7-9-24(10-8-13)17(25)14-3-6-16(18(26)27)23-11-14/h1-6,11,13H,7-10H2,(H,26,27). The number of carbonyl (C=O) groups is 2. The largest absolute Gasteiger partial charge is 0.477 e. The van der Waals surface area contributed by atoms with E-state index in [4.69, 9.17) is 5.11 Å². The van der Waals surface area contributed by atoms with Crippen LogP contribution in [0.4, 0.5) is 13.2 Å². The summed E-state index contributed by atoms with van der Waals surface area (Å²) in [5.41, 5.74) is 0.347. The minimum atomic E-state index is -4.35. The lowest BCUT2D eigenvalue weighted by atomic mass is 9.89. The summed E-state index contributed by atoms with van der Waals surface area (Å²) >= 11 is 0. The van der Waals surface area contributed by atoms with E-state index in [1.54, 1.807) is 4.90 Å². The molecule has 8 heteroatoms. The third kappa shape index (κ3) is 4.27. The maximum atomic E-state index is 12.7. The third-order valence-corrected chi connectivity index (χ3v) is 4.72. The first-order valence-electron chi connectivity index (χ1n) is 8.41. The number of piperidine rings is 1. The van der Waals surface area contributed by atoms with Gasteiger partial charge in [0.25, 0.3) is 5.91 Å². The van der Waals surface area contributed by atoms with Crippen LogP contribution in [0, 0.1) is 0 Å². The van der Waals surface area contributed by atoms with Crippen LogP contribution in [0.2, 0.25) is 0 Å². The molecule has 1 aromatic carbocycles. The molecule has 0 spiro atoms. The third-order valence-electron chi connectivity index (χ3n) is 4.72. The Morgan fingerprint density at radius 1 is 1.04 bits per heavy atom. The molecule has 1 N–H and O–H groups in total. The number of alkyl halides is 3. The smallest absolute Gasteiger partial charge is 0.416 e. The van der Waals surface area contributed by atoms with Crippen LogP contribution in [-0.2, 0) is 6.18 Å². The summed E-state index contributed by atoms with van der Waals surface area (Å²) < 4.78 is 38.0. The highest BCUT2D eigenvalue weighted by atomic mass is 19.4. The van der Waals surface area contributed by atoms with Gasteiger partial charge in [0.2, 0.25) is 0 Å². The average Bonchev–Trinajstić information content (AvgIpc) is 2.67. The van der Waals surface area contributed by atoms with Gasteiger partial charge >= 0.3 is 12.1 Å². The second-order valence-electron chi connectivity index (χ2n) is 6.42. The van der Waals surface area contributed by atoms with Crippen molar-refractivity contribution in [3.63, 3.8) is 0 Å². The Morgan fingerprint density at radius 2 is 1.67 bits per heavy atom. The van der Waals surface area contributed by atoms with Crippen molar-refractivity contribution in [1.29, 1.82) is 0 Å². The second-order valence-corrected chi connectivity index (χ2v) is 6.42. The quantitative estimate of drug-likeness (QED) is 0.882. The molecule has 1 fully saturated rings. The maximum Gasteiger partial charge on any atom is 0.416 e. The zero-order valence-electron chi connectivity index (χ0n) is 14.2. The minimum absolute atomic E-state index is 0.101. The van der Waals surface area contributed by atoms with Crippen molar-refractivity contribution < 1.29 is 27.9 Å². The van der Waals surface area contributed by atoms with E-state index >= 15 is 0 Å². The number of aromatic nitrogens is 1. The van der Waals surface area contributed by atoms with Crippen molar-refractivity contribution in [2.75, 3.05) is 13.1 Å². The van der Waals surface area contributed by atoms with Crippen LogP contribution in [0.1, 0.15) is 50.7 Å². The summed E-state index contributed by atoms with van der Waals surface area (Å²) in [4.78, 5) is 28.7. The average molecular weight is 378 g/mol. The zero-order valence-corrected chi connectivity index (χ0v) is 14.2. The SMILES string of the molecule is O=C(O)c1ccc(C(=O)N2CCC(c3ccc(C(F)(F)F)cc3)CC2)cn1. The second kappa shape index (κ2) is 7.38. The number of pyridine rings is 1. The van der Waals surface area contributed by atoms with Crippen molar-refractivity contribution in [2.24, 2.45) is 0 Å². The highest BCUT2D eigenvalue weighted by Crippen LogP contribution is 2.33. The highest BCUT2D eigenvalue weighted by Gasteiger charge is 2.31. The van der Waals surface area contributed by atoms with Crippen LogP contribution in [0.25, 0.3) is 0 Å². The Labute approximate surface area is 153 Å². The minimum Gasteiger partial charge on any atom is -0.477 e. The van der Waals surface area contributed by atoms with E-state index in [1.165, 1.54) is 30.5 Å². The van der Waals surface area contributed by atoms with E-state index in [9.17, 15) is 22.8 Å². The molecule has 1 saturated heterocycles. The molecule has 2 aromatic rings. The molecule has 142 valence electrons. The van der Waals surface area contributed by atoms with E-state index < -0.39 is 17.7 Å². The zero-order chi connectivity index (χ0) is 19.6. The van der Waals surface area contributed by atoms with Crippen LogP contribution in [0.3, 0.4) is 0 Å². The molecule has 0 aliphatic carbocycles. The molecule has 5 nitrogen and oxygen atoms in total. The summed E-state index contributed by atoms with van der Waals surface area (Å²) in [5, 5.41) is 8.84. The van der Waals surface area contributed by atoms with E-state index in [2.05, 4.69) is 4.98 Å². The number of benzene rings is 1. The van der Waals surface area contributed by atoms with Gasteiger partial charge < -0.3 is 10.0 Å². The molecule has 2 heterocycles. The van der Waals surface area contributed by atoms with Crippen LogP contribution in [-0.4, -0.2) is 40.0 Å². The fourth-order valence-electron chi connectivity index (χ4n) is 3.19. The highest BCUT2D eigenvalue weighted by molar-refractivity contribution is 5.95. The van der Waals surface area contributed by atoms with Crippen LogP contribution >= 0.6 is 0 Å². The molecule has 27 heavy (non-hydrogen) atoms. The molecule has 0 unspecified atom stereocenters. The molecule has 0 saturated carbocycles. The van der Waals surface area contributed by atoms with Crippen molar-refractivity contribution in [3.8, 4) is 0 Å². The van der Waals surface area contributed by atoms with Gasteiger partial charge in [0.1, 0.15) is 5.69 Å². The molecular formula is C19H17F3N2O3. The molecule has 1 aliphatic heterocycles. The Bertz CT molecular complexity index is 825. The number of hydrogen-bond acceptors (Lipinski definition) is 3. The molecule has 0 radical (unpaired) electrons. The van der Waals surface area contributed by atoms with Crippen molar-refractivity contribution >= 4 is 11.9 Å². The van der Waals surface area contributed by atoms with Crippen LogP contribution < -0.4 is 0 Å². The Kier molecular flexibility index (Phi) is 5.16. The maximum absolute atomic E-state index is 12.7. The molecule has 1 aromatic heterocycles. The van der Waals surface area contributed by atoms with Gasteiger partial charge in [-0.25, -0.2) is 9.78 Å². The summed E-state index contributed by atoms with van der Waals surface area (Å²) in [6, 6.07) is 7.88. The number of carboxylic acids is 1. The molecule has 3 rings (SSSR count). The van der Waals surface area contributed by atoms with Gasteiger partial charge in [0.05, 0.1) is 11.1 Å². The number of hydrogen-bond donors (Lipinski definition) is 1. The van der Waals surface area contributed by atoms with Gasteiger partial charge in [-0.15, -0.1) is 0 Å². The number of aromatic carboxylic acids is 1. The van der Waals surface area contributed by atoms with Crippen molar-refractivity contribution in [2.45, 2.75) is 24.9 Å². The van der Waals surface area contributed by atoms with Crippen molar-refractivity contribution in [3.05, 3.63) is 65.0 Å². The molecule has 0 bridgehead atoms. The van der Waals surface area contributed by atoms with E-state index in [0.29, 0.717) is 31.5 Å². The Balaban J connectivity index is 1.61. The number of carbonyl (C=O) groups excluding carboxylic acids is 1. The van der Waals surface area contributed by atoms with Gasteiger partial charge in [0, 0.05) is 19.3 Å². The predicted molar refractivity (Wildman–Crippen MR) is 90.5 cm³/mol. The number of rotatable bonds is 3. The number of likely N-dealkylation sites (tertiary alicyclic amines) is 1. The van der Waals surface area contributed by atoms with Gasteiger partial charge in [-0.1, -0.05) is 12.1 Å². The fourth-order valence-corrected chi connectivity index (χ4v) is 3.19. The fraction of sp³-hybridized carbons (Fsp3) is 0.316. The van der Waals surface area contributed by atoms with Gasteiger partial charge in [-0.2, -0.15) is 13.2 Å². The lowest BCUT2D eigenvalue weighted by molar-refractivity contribution is -0.137. The number of carboxylic acid groups (broad SMARTS) is 1. The first-order valence-corrected chi connectivity index (χ1v) is 8.41. The monoisotopic (exact) mass is 378 g/mol. The number of nitrogens with zero attached hydrogens (tertiary/aromatic N) is 2. The van der Waals surface area contributed by atoms with Crippen LogP contribution in [0.15, 0.2) is 42.6 Å². The molecule has 1 amide bonds. The lowest BCUT2D eigenvalue weighted by Gasteiger charge is -2.32. The summed E-state index contributed by atoms with van der Waals surface area (Å²) in [6.07, 6.45) is -1.80. The van der Waals surface area contributed by atoms with E-state index in [-0.39, 0.29) is 17.5 Å². The topological polar surface area (TPSA) is 70.5 Å². The van der Waals surface area contributed by atoms with Gasteiger partial charge in [-0.3, -0.25) is 4.79 Å². The number of halogens is 3. The Hall–Kier alpha value is -2.90. The normalized spacial score (nSPS) is 15.6. The van der Waals surface area contributed by atoms with Gasteiger partial charge in [-0.05, 0) is 48.6 Å². The first-order chi connectivity index (χ1) is 12.8. The van der Waals surface area contributed by atoms with Crippen molar-refractivity contribution in [1.82, 2.24) is 9.88 Å². The Morgan fingerprint density at radius 3 is 2.15 bits per heavy atom. The first kappa shape index (κ1) is 18.9. The predicted octanol–water partition coefficient (Wildman–Crippen LogP) is 3.82. The molecular weight excluding hydrogens is 361 g/mol. The van der Waals surface area contributed by atoms with E-state index in [0.717, 1.165) is 17.7 Å². The number of amides is 1. The summed E-state index contributed by atoms with van der Waals surface area (Å²) in [6.45, 7) is 0.955. The lowest BCUT2D eigenvalue weighted by Crippen LogP contribution is -2.38. The van der Waals surface area contributed by atoms with Crippen LogP contribution in [0.5, 0.6) is 0 Å². The summed E-state index contributed by atoms with van der Waals surface area (Å²) in [7, 11) is 0. The molecule has 0 atom stereocenters. The summed E-state index contributed by atoms with van der Waals surface area (Å²) in [5.74, 6) is -1.29. The molecule has 1 aliphatic rings.